The fourth-order valence-electron chi connectivity index (χ4n) is 1.48. The Labute approximate surface area is 93.0 Å². The van der Waals surface area contributed by atoms with Crippen LogP contribution >= 0.6 is 0 Å². The first kappa shape index (κ1) is 14.2. The van der Waals surface area contributed by atoms with Gasteiger partial charge in [-0.15, -0.1) is 0 Å². The van der Waals surface area contributed by atoms with Gasteiger partial charge in [0.05, 0.1) is 6.10 Å². The maximum Gasteiger partial charge on any atom is 0.407 e. The summed E-state index contributed by atoms with van der Waals surface area (Å²) in [6.45, 7) is 9.45. The molecule has 0 aliphatic carbocycles. The van der Waals surface area contributed by atoms with Crippen LogP contribution in [0.5, 0.6) is 0 Å². The van der Waals surface area contributed by atoms with E-state index in [1.54, 1.807) is 0 Å². The molecule has 4 heteroatoms. The van der Waals surface area contributed by atoms with E-state index in [2.05, 4.69) is 24.1 Å². The zero-order chi connectivity index (χ0) is 12.1. The normalized spacial score (nSPS) is 12.0. The molecule has 1 amide bonds. The van der Waals surface area contributed by atoms with Crippen molar-refractivity contribution < 1.29 is 9.53 Å². The predicted molar refractivity (Wildman–Crippen MR) is 62.0 cm³/mol. The van der Waals surface area contributed by atoms with Gasteiger partial charge >= 0.3 is 6.09 Å². The van der Waals surface area contributed by atoms with Crippen molar-refractivity contribution in [3.05, 3.63) is 0 Å². The van der Waals surface area contributed by atoms with Gasteiger partial charge in [0.25, 0.3) is 0 Å². The molecule has 0 spiro atoms. The van der Waals surface area contributed by atoms with Gasteiger partial charge in [-0.3, -0.25) is 0 Å². The molecule has 0 rings (SSSR count). The molecule has 0 saturated heterocycles. The van der Waals surface area contributed by atoms with Crippen LogP contribution in [0.25, 0.3) is 0 Å². The standard InChI is InChI=1S/C11H24N2O2/c1-9(2)15-10(14)12-7-11(3,4)8-13(5)6/h9H,7-8H2,1-6H3,(H,12,14). The van der Waals surface area contributed by atoms with E-state index in [1.807, 2.05) is 27.9 Å². The van der Waals surface area contributed by atoms with Crippen LogP contribution in [0, 0.1) is 5.41 Å². The van der Waals surface area contributed by atoms with Gasteiger partial charge in [0, 0.05) is 13.1 Å². The quantitative estimate of drug-likeness (QED) is 0.760. The van der Waals surface area contributed by atoms with Crippen LogP contribution in [0.3, 0.4) is 0 Å². The zero-order valence-corrected chi connectivity index (χ0v) is 10.8. The van der Waals surface area contributed by atoms with Crippen molar-refractivity contribution in [2.24, 2.45) is 5.41 Å². The molecule has 4 nitrogen and oxygen atoms in total. The van der Waals surface area contributed by atoms with Gasteiger partial charge in [-0.1, -0.05) is 13.8 Å². The van der Waals surface area contributed by atoms with Crippen LogP contribution in [0.15, 0.2) is 0 Å². The molecule has 0 atom stereocenters. The van der Waals surface area contributed by atoms with Gasteiger partial charge in [0.1, 0.15) is 0 Å². The zero-order valence-electron chi connectivity index (χ0n) is 10.8. The number of alkyl carbamates (subject to hydrolysis) is 1. The number of rotatable bonds is 5. The number of nitrogens with one attached hydrogen (secondary N) is 1. The van der Waals surface area contributed by atoms with E-state index in [1.165, 1.54) is 0 Å². The Balaban J connectivity index is 3.87. The number of hydrogen-bond donors (Lipinski definition) is 1. The van der Waals surface area contributed by atoms with Crippen molar-refractivity contribution in [2.45, 2.75) is 33.8 Å². The summed E-state index contributed by atoms with van der Waals surface area (Å²) in [6, 6.07) is 0. The van der Waals surface area contributed by atoms with Gasteiger partial charge < -0.3 is 15.0 Å². The first-order chi connectivity index (χ1) is 6.73. The van der Waals surface area contributed by atoms with Crippen LogP contribution in [-0.2, 0) is 4.74 Å². The van der Waals surface area contributed by atoms with Crippen molar-refractivity contribution in [3.63, 3.8) is 0 Å². The fraction of sp³-hybridized carbons (Fsp3) is 0.909. The third kappa shape index (κ3) is 8.24. The summed E-state index contributed by atoms with van der Waals surface area (Å²) in [6.07, 6.45) is -0.404. The molecule has 15 heavy (non-hydrogen) atoms. The van der Waals surface area contributed by atoms with E-state index in [0.717, 1.165) is 6.54 Å². The molecule has 0 aromatic heterocycles. The van der Waals surface area contributed by atoms with Crippen molar-refractivity contribution in [1.82, 2.24) is 10.2 Å². The lowest BCUT2D eigenvalue weighted by molar-refractivity contribution is 0.110. The summed E-state index contributed by atoms with van der Waals surface area (Å²) < 4.78 is 4.99. The number of hydrogen-bond acceptors (Lipinski definition) is 3. The highest BCUT2D eigenvalue weighted by Gasteiger charge is 2.20. The molecule has 0 unspecified atom stereocenters. The van der Waals surface area contributed by atoms with E-state index >= 15 is 0 Å². The number of carbonyl (C=O) groups is 1. The number of nitrogens with zero attached hydrogens (tertiary/aromatic N) is 1. The van der Waals surface area contributed by atoms with Gasteiger partial charge in [-0.25, -0.2) is 4.79 Å². The Kier molecular flexibility index (Phi) is 5.65. The van der Waals surface area contributed by atoms with E-state index in [4.69, 9.17) is 4.74 Å². The van der Waals surface area contributed by atoms with Gasteiger partial charge in [-0.2, -0.15) is 0 Å². The molecule has 0 aromatic carbocycles. The van der Waals surface area contributed by atoms with Gasteiger partial charge in [-0.05, 0) is 33.4 Å². The minimum atomic E-state index is -0.336. The number of carbonyl (C=O) groups excluding carboxylic acids is 1. The largest absolute Gasteiger partial charge is 0.447 e. The molecule has 0 aliphatic heterocycles. The molecule has 0 aliphatic rings. The molecule has 0 radical (unpaired) electrons. The lowest BCUT2D eigenvalue weighted by atomic mass is 9.93. The lowest BCUT2D eigenvalue weighted by Crippen LogP contribution is -2.40. The van der Waals surface area contributed by atoms with Gasteiger partial charge in [0.2, 0.25) is 0 Å². The summed E-state index contributed by atoms with van der Waals surface area (Å²) in [5.41, 5.74) is 0.0551. The van der Waals surface area contributed by atoms with Crippen molar-refractivity contribution in [2.75, 3.05) is 27.2 Å². The number of ether oxygens (including phenoxy) is 1. The molecule has 0 fully saturated rings. The van der Waals surface area contributed by atoms with E-state index in [-0.39, 0.29) is 17.6 Å². The average Bonchev–Trinajstić information content (AvgIpc) is 1.97. The first-order valence-corrected chi connectivity index (χ1v) is 5.32. The van der Waals surface area contributed by atoms with E-state index < -0.39 is 0 Å². The third-order valence-electron chi connectivity index (χ3n) is 1.80. The minimum absolute atomic E-state index is 0.0551. The molecule has 0 heterocycles. The molecular weight excluding hydrogens is 192 g/mol. The lowest BCUT2D eigenvalue weighted by Gasteiger charge is -2.28. The van der Waals surface area contributed by atoms with Crippen LogP contribution in [0.2, 0.25) is 0 Å². The third-order valence-corrected chi connectivity index (χ3v) is 1.80. The van der Waals surface area contributed by atoms with E-state index in [9.17, 15) is 4.79 Å². The Hall–Kier alpha value is -0.770. The van der Waals surface area contributed by atoms with Crippen LogP contribution in [-0.4, -0.2) is 44.3 Å². The summed E-state index contributed by atoms with van der Waals surface area (Å²) in [7, 11) is 4.04. The molecular formula is C11H24N2O2. The second kappa shape index (κ2) is 5.95. The highest BCUT2D eigenvalue weighted by Crippen LogP contribution is 2.14. The SMILES string of the molecule is CC(C)OC(=O)NCC(C)(C)CN(C)C. The topological polar surface area (TPSA) is 41.6 Å². The van der Waals surface area contributed by atoms with Gasteiger partial charge in [0.15, 0.2) is 0 Å². The summed E-state index contributed by atoms with van der Waals surface area (Å²) >= 11 is 0. The van der Waals surface area contributed by atoms with Crippen molar-refractivity contribution in [3.8, 4) is 0 Å². The molecule has 0 bridgehead atoms. The molecule has 90 valence electrons. The molecule has 1 N–H and O–H groups in total. The second-order valence-corrected chi connectivity index (χ2v) is 5.21. The molecule has 0 saturated carbocycles. The summed E-state index contributed by atoms with van der Waals surface area (Å²) in [4.78, 5) is 13.3. The smallest absolute Gasteiger partial charge is 0.407 e. The maximum absolute atomic E-state index is 11.2. The Morgan fingerprint density at radius 1 is 1.40 bits per heavy atom. The highest BCUT2D eigenvalue weighted by atomic mass is 16.6. The Morgan fingerprint density at radius 3 is 2.33 bits per heavy atom. The van der Waals surface area contributed by atoms with Crippen LogP contribution < -0.4 is 5.32 Å². The summed E-state index contributed by atoms with van der Waals surface area (Å²) in [5, 5.41) is 2.77. The average molecular weight is 216 g/mol. The summed E-state index contributed by atoms with van der Waals surface area (Å²) in [5.74, 6) is 0. The monoisotopic (exact) mass is 216 g/mol. The Morgan fingerprint density at radius 2 is 1.93 bits per heavy atom. The highest BCUT2D eigenvalue weighted by molar-refractivity contribution is 5.67. The number of amides is 1. The second-order valence-electron chi connectivity index (χ2n) is 5.21. The Bertz CT molecular complexity index is 201. The predicted octanol–water partition coefficient (Wildman–Crippen LogP) is 1.71. The fourth-order valence-corrected chi connectivity index (χ4v) is 1.48. The van der Waals surface area contributed by atoms with Crippen molar-refractivity contribution >= 4 is 6.09 Å². The first-order valence-electron chi connectivity index (χ1n) is 5.32. The molecule has 0 aromatic rings. The van der Waals surface area contributed by atoms with Crippen molar-refractivity contribution in [1.29, 1.82) is 0 Å². The minimum Gasteiger partial charge on any atom is -0.447 e. The van der Waals surface area contributed by atoms with Crippen LogP contribution in [0.1, 0.15) is 27.7 Å². The maximum atomic E-state index is 11.2. The van der Waals surface area contributed by atoms with Crippen LogP contribution in [0.4, 0.5) is 4.79 Å². The van der Waals surface area contributed by atoms with E-state index in [0.29, 0.717) is 6.54 Å².